The lowest BCUT2D eigenvalue weighted by Gasteiger charge is -2.10. The second-order valence-electron chi connectivity index (χ2n) is 4.11. The van der Waals surface area contributed by atoms with Gasteiger partial charge in [-0.2, -0.15) is 0 Å². The minimum atomic E-state index is -0.140. The summed E-state index contributed by atoms with van der Waals surface area (Å²) in [6.07, 6.45) is 3.84. The van der Waals surface area contributed by atoms with E-state index in [2.05, 4.69) is 43.1 Å². The summed E-state index contributed by atoms with van der Waals surface area (Å²) in [5, 5.41) is 0. The zero-order valence-electron chi connectivity index (χ0n) is 10.8. The number of imidazole rings is 1. The Hall–Kier alpha value is -1.26. The van der Waals surface area contributed by atoms with Crippen LogP contribution in [0.4, 0.5) is 0 Å². The average Bonchev–Trinajstić information content (AvgIpc) is 2.88. The number of thioether (sulfide) groups is 1. The molecular weight excluding hydrogens is 242 g/mol. The summed E-state index contributed by atoms with van der Waals surface area (Å²) in [4.78, 5) is 5.64. The molecule has 2 aromatic rings. The van der Waals surface area contributed by atoms with Crippen molar-refractivity contribution in [3.63, 3.8) is 0 Å². The quantitative estimate of drug-likeness (QED) is 0.841. The van der Waals surface area contributed by atoms with Crippen LogP contribution in [-0.2, 0) is 6.54 Å². The Morgan fingerprint density at radius 3 is 2.56 bits per heavy atom. The lowest BCUT2D eigenvalue weighted by molar-refractivity contribution is 0.757. The van der Waals surface area contributed by atoms with Crippen molar-refractivity contribution < 1.29 is 0 Å². The molecule has 0 aliphatic rings. The number of benzene rings is 1. The summed E-state index contributed by atoms with van der Waals surface area (Å²) < 4.78 is 2.04. The molecule has 4 heteroatoms. The number of rotatable bonds is 5. The second kappa shape index (κ2) is 6.07. The van der Waals surface area contributed by atoms with Gasteiger partial charge in [0.05, 0.1) is 18.1 Å². The predicted molar refractivity (Wildman–Crippen MR) is 76.8 cm³/mol. The van der Waals surface area contributed by atoms with Gasteiger partial charge in [-0.15, -0.1) is 11.8 Å². The van der Waals surface area contributed by atoms with Gasteiger partial charge in [0.15, 0.2) is 0 Å². The van der Waals surface area contributed by atoms with E-state index in [0.29, 0.717) is 0 Å². The Kier molecular flexibility index (Phi) is 4.44. The third kappa shape index (κ3) is 2.94. The number of nitrogens with zero attached hydrogens (tertiary/aromatic N) is 2. The molecule has 1 unspecified atom stereocenters. The molecule has 18 heavy (non-hydrogen) atoms. The van der Waals surface area contributed by atoms with E-state index in [9.17, 15) is 0 Å². The second-order valence-corrected chi connectivity index (χ2v) is 5.45. The maximum Gasteiger partial charge on any atom is 0.0950 e. The van der Waals surface area contributed by atoms with E-state index in [1.54, 1.807) is 0 Å². The first kappa shape index (κ1) is 13.2. The van der Waals surface area contributed by atoms with Crippen molar-refractivity contribution >= 4 is 11.8 Å². The van der Waals surface area contributed by atoms with E-state index in [1.807, 2.05) is 28.9 Å². The molecule has 0 spiro atoms. The molecule has 0 aliphatic heterocycles. The van der Waals surface area contributed by atoms with Crippen LogP contribution in [0.5, 0.6) is 0 Å². The molecule has 1 atom stereocenters. The molecule has 1 aromatic heterocycles. The van der Waals surface area contributed by atoms with Crippen LogP contribution in [0.1, 0.15) is 31.1 Å². The van der Waals surface area contributed by atoms with Crippen molar-refractivity contribution in [3.05, 3.63) is 48.0 Å². The minimum absolute atomic E-state index is 0.140. The molecule has 0 bridgehead atoms. The minimum Gasteiger partial charge on any atom is -0.337 e. The highest BCUT2D eigenvalue weighted by molar-refractivity contribution is 7.99. The van der Waals surface area contributed by atoms with E-state index in [1.165, 1.54) is 4.90 Å². The maximum atomic E-state index is 6.23. The SMILES string of the molecule is CCSc1ccc(C(N)c2cn(CC)cn2)cc1. The van der Waals surface area contributed by atoms with E-state index in [-0.39, 0.29) is 6.04 Å². The summed E-state index contributed by atoms with van der Waals surface area (Å²) >= 11 is 1.84. The summed E-state index contributed by atoms with van der Waals surface area (Å²) in [6, 6.07) is 8.29. The first-order valence-corrected chi connectivity index (χ1v) is 7.23. The van der Waals surface area contributed by atoms with Crippen molar-refractivity contribution in [2.45, 2.75) is 31.3 Å². The van der Waals surface area contributed by atoms with Gasteiger partial charge in [0.25, 0.3) is 0 Å². The molecular formula is C14H19N3S. The Labute approximate surface area is 112 Å². The van der Waals surface area contributed by atoms with Crippen LogP contribution in [0.15, 0.2) is 41.7 Å². The molecule has 2 N–H and O–H groups in total. The third-order valence-corrected chi connectivity index (χ3v) is 3.78. The molecule has 0 saturated heterocycles. The molecule has 96 valence electrons. The van der Waals surface area contributed by atoms with Crippen molar-refractivity contribution in [1.29, 1.82) is 0 Å². The number of aryl methyl sites for hydroxylation is 1. The summed E-state index contributed by atoms with van der Waals surface area (Å²) in [6.45, 7) is 5.17. The van der Waals surface area contributed by atoms with Crippen LogP contribution in [0, 0.1) is 0 Å². The van der Waals surface area contributed by atoms with E-state index in [4.69, 9.17) is 5.73 Å². The summed E-state index contributed by atoms with van der Waals surface area (Å²) in [5.41, 5.74) is 8.26. The van der Waals surface area contributed by atoms with Crippen LogP contribution >= 0.6 is 11.8 Å². The Bertz CT molecular complexity index is 490. The Morgan fingerprint density at radius 1 is 1.28 bits per heavy atom. The molecule has 1 heterocycles. The summed E-state index contributed by atoms with van der Waals surface area (Å²) in [7, 11) is 0. The number of aromatic nitrogens is 2. The number of nitrogens with two attached hydrogens (primary N) is 1. The van der Waals surface area contributed by atoms with Crippen LogP contribution in [0.3, 0.4) is 0 Å². The van der Waals surface area contributed by atoms with Gasteiger partial charge >= 0.3 is 0 Å². The fourth-order valence-corrected chi connectivity index (χ4v) is 2.48. The molecule has 0 radical (unpaired) electrons. The number of hydrogen-bond donors (Lipinski definition) is 1. The van der Waals surface area contributed by atoms with E-state index < -0.39 is 0 Å². The number of hydrogen-bond acceptors (Lipinski definition) is 3. The lowest BCUT2D eigenvalue weighted by atomic mass is 10.1. The van der Waals surface area contributed by atoms with E-state index >= 15 is 0 Å². The molecule has 0 fully saturated rings. The van der Waals surface area contributed by atoms with Gasteiger partial charge in [0.1, 0.15) is 0 Å². The van der Waals surface area contributed by atoms with Gasteiger partial charge in [-0.25, -0.2) is 4.98 Å². The maximum absolute atomic E-state index is 6.23. The fraction of sp³-hybridized carbons (Fsp3) is 0.357. The highest BCUT2D eigenvalue weighted by Crippen LogP contribution is 2.22. The first-order chi connectivity index (χ1) is 8.74. The van der Waals surface area contributed by atoms with Gasteiger partial charge in [-0.3, -0.25) is 0 Å². The average molecular weight is 261 g/mol. The highest BCUT2D eigenvalue weighted by Gasteiger charge is 2.11. The van der Waals surface area contributed by atoms with Crippen LogP contribution < -0.4 is 5.73 Å². The summed E-state index contributed by atoms with van der Waals surface area (Å²) in [5.74, 6) is 1.09. The first-order valence-electron chi connectivity index (χ1n) is 6.24. The zero-order chi connectivity index (χ0) is 13.0. The van der Waals surface area contributed by atoms with Crippen molar-refractivity contribution in [2.75, 3.05) is 5.75 Å². The molecule has 1 aromatic carbocycles. The zero-order valence-corrected chi connectivity index (χ0v) is 11.7. The molecule has 0 aliphatic carbocycles. The monoisotopic (exact) mass is 261 g/mol. The molecule has 0 amide bonds. The van der Waals surface area contributed by atoms with Crippen LogP contribution in [0.2, 0.25) is 0 Å². The topological polar surface area (TPSA) is 43.8 Å². The molecule has 2 rings (SSSR count). The third-order valence-electron chi connectivity index (χ3n) is 2.89. The Morgan fingerprint density at radius 2 is 2.00 bits per heavy atom. The van der Waals surface area contributed by atoms with Gasteiger partial charge in [-0.1, -0.05) is 19.1 Å². The largest absolute Gasteiger partial charge is 0.337 e. The Balaban J connectivity index is 2.14. The predicted octanol–water partition coefficient (Wildman–Crippen LogP) is 3.06. The van der Waals surface area contributed by atoms with Gasteiger partial charge in [0.2, 0.25) is 0 Å². The van der Waals surface area contributed by atoms with Crippen molar-refractivity contribution in [1.82, 2.24) is 9.55 Å². The van der Waals surface area contributed by atoms with Gasteiger partial charge in [-0.05, 0) is 30.4 Å². The van der Waals surface area contributed by atoms with Gasteiger partial charge < -0.3 is 10.3 Å². The fourth-order valence-electron chi connectivity index (χ4n) is 1.82. The van der Waals surface area contributed by atoms with Crippen molar-refractivity contribution in [2.24, 2.45) is 5.73 Å². The highest BCUT2D eigenvalue weighted by atomic mass is 32.2. The van der Waals surface area contributed by atoms with Crippen molar-refractivity contribution in [3.8, 4) is 0 Å². The normalized spacial score (nSPS) is 12.6. The molecule has 0 saturated carbocycles. The van der Waals surface area contributed by atoms with Crippen LogP contribution in [-0.4, -0.2) is 15.3 Å². The van der Waals surface area contributed by atoms with E-state index in [0.717, 1.165) is 23.6 Å². The van der Waals surface area contributed by atoms with Gasteiger partial charge in [0, 0.05) is 17.6 Å². The molecule has 3 nitrogen and oxygen atoms in total. The lowest BCUT2D eigenvalue weighted by Crippen LogP contribution is -2.12. The standard InChI is InChI=1S/C14H19N3S/c1-3-17-9-13(16-10-17)14(15)11-5-7-12(8-6-11)18-4-2/h5-10,14H,3-4,15H2,1-2H3. The smallest absolute Gasteiger partial charge is 0.0950 e. The van der Waals surface area contributed by atoms with Crippen LogP contribution in [0.25, 0.3) is 0 Å².